The highest BCUT2D eigenvalue weighted by Crippen LogP contribution is 2.23. The molecule has 2 aromatic rings. The molecule has 5 nitrogen and oxygen atoms in total. The Labute approximate surface area is 124 Å². The highest BCUT2D eigenvalue weighted by Gasteiger charge is 2.03. The van der Waals surface area contributed by atoms with Crippen molar-refractivity contribution in [1.82, 2.24) is 5.43 Å². The van der Waals surface area contributed by atoms with Crippen LogP contribution in [-0.4, -0.2) is 18.9 Å². The molecule has 0 aliphatic rings. The van der Waals surface area contributed by atoms with Gasteiger partial charge in [0.25, 0.3) is 0 Å². The monoisotopic (exact) mass is 336 g/mol. The molecule has 0 bridgehead atoms. The molecular formula is C14H13BrN2O3. The van der Waals surface area contributed by atoms with E-state index in [1.165, 1.54) is 6.21 Å². The maximum Gasteiger partial charge on any atom is 0.427 e. The number of hydrazone groups is 1. The number of amides is 1. The van der Waals surface area contributed by atoms with Gasteiger partial charge in [-0.2, -0.15) is 5.10 Å². The summed E-state index contributed by atoms with van der Waals surface area (Å²) in [6.45, 7) is 2.02. The first-order valence-electron chi connectivity index (χ1n) is 6.00. The van der Waals surface area contributed by atoms with Crippen molar-refractivity contribution in [2.45, 2.75) is 6.92 Å². The van der Waals surface area contributed by atoms with Gasteiger partial charge in [0, 0.05) is 10.0 Å². The Morgan fingerprint density at radius 1 is 1.35 bits per heavy atom. The number of carbonyl (C=O) groups is 1. The van der Waals surface area contributed by atoms with Crippen molar-refractivity contribution >= 4 is 28.2 Å². The molecule has 0 atom stereocenters. The van der Waals surface area contributed by atoms with Crippen molar-refractivity contribution in [3.63, 3.8) is 0 Å². The molecule has 0 aliphatic carbocycles. The molecule has 0 radical (unpaired) electrons. The standard InChI is InChI=1S/C14H13BrN2O3/c1-2-19-14(18)17-16-9-12-7-8-13(20-12)10-3-5-11(15)6-4-10/h3-9H,2H2,1H3,(H,17,18). The minimum atomic E-state index is -0.594. The van der Waals surface area contributed by atoms with Crippen molar-refractivity contribution in [3.05, 3.63) is 46.6 Å². The van der Waals surface area contributed by atoms with Gasteiger partial charge in [-0.25, -0.2) is 10.2 Å². The molecule has 20 heavy (non-hydrogen) atoms. The Morgan fingerprint density at radius 3 is 2.80 bits per heavy atom. The van der Waals surface area contributed by atoms with E-state index < -0.39 is 6.09 Å². The van der Waals surface area contributed by atoms with E-state index in [-0.39, 0.29) is 0 Å². The third-order valence-corrected chi connectivity index (χ3v) is 2.91. The van der Waals surface area contributed by atoms with Gasteiger partial charge in [-0.3, -0.25) is 0 Å². The van der Waals surface area contributed by atoms with Gasteiger partial charge in [-0.15, -0.1) is 0 Å². The summed E-state index contributed by atoms with van der Waals surface area (Å²) in [6, 6.07) is 11.4. The molecule has 2 rings (SSSR count). The van der Waals surface area contributed by atoms with Crippen LogP contribution in [0, 0.1) is 0 Å². The summed E-state index contributed by atoms with van der Waals surface area (Å²) in [6.07, 6.45) is 0.822. The molecule has 6 heteroatoms. The molecule has 0 saturated heterocycles. The van der Waals surface area contributed by atoms with E-state index in [1.54, 1.807) is 13.0 Å². The number of rotatable bonds is 4. The molecule has 0 unspecified atom stereocenters. The van der Waals surface area contributed by atoms with Crippen molar-refractivity contribution in [2.24, 2.45) is 5.10 Å². The van der Waals surface area contributed by atoms with Crippen molar-refractivity contribution in [3.8, 4) is 11.3 Å². The SMILES string of the molecule is CCOC(=O)NN=Cc1ccc(-c2ccc(Br)cc2)o1. The van der Waals surface area contributed by atoms with Crippen molar-refractivity contribution < 1.29 is 13.9 Å². The maximum atomic E-state index is 11.0. The lowest BCUT2D eigenvalue weighted by atomic mass is 10.2. The van der Waals surface area contributed by atoms with Crippen LogP contribution in [0.4, 0.5) is 4.79 Å². The summed E-state index contributed by atoms with van der Waals surface area (Å²) in [7, 11) is 0. The van der Waals surface area contributed by atoms with Crippen LogP contribution in [0.3, 0.4) is 0 Å². The lowest BCUT2D eigenvalue weighted by molar-refractivity contribution is 0.152. The smallest absolute Gasteiger partial charge is 0.427 e. The van der Waals surface area contributed by atoms with E-state index in [9.17, 15) is 4.79 Å². The van der Waals surface area contributed by atoms with Gasteiger partial charge >= 0.3 is 6.09 Å². The zero-order valence-corrected chi connectivity index (χ0v) is 12.4. The summed E-state index contributed by atoms with van der Waals surface area (Å²) in [5.41, 5.74) is 3.19. The van der Waals surface area contributed by atoms with Crippen LogP contribution in [0.25, 0.3) is 11.3 Å². The van der Waals surface area contributed by atoms with Crippen LogP contribution in [-0.2, 0) is 4.74 Å². The molecule has 0 spiro atoms. The molecule has 0 saturated carbocycles. The molecule has 1 aromatic carbocycles. The fourth-order valence-corrected chi connectivity index (χ4v) is 1.77. The number of halogens is 1. The molecule has 1 heterocycles. The van der Waals surface area contributed by atoms with Crippen LogP contribution in [0.2, 0.25) is 0 Å². The van der Waals surface area contributed by atoms with Gasteiger partial charge in [0.05, 0.1) is 12.8 Å². The fraction of sp³-hybridized carbons (Fsp3) is 0.143. The predicted molar refractivity (Wildman–Crippen MR) is 79.6 cm³/mol. The van der Waals surface area contributed by atoms with Gasteiger partial charge in [0.2, 0.25) is 0 Å². The largest absolute Gasteiger partial charge is 0.455 e. The Balaban J connectivity index is 2.00. The van der Waals surface area contributed by atoms with Crippen molar-refractivity contribution in [2.75, 3.05) is 6.61 Å². The lowest BCUT2D eigenvalue weighted by Crippen LogP contribution is -2.18. The van der Waals surface area contributed by atoms with Crippen LogP contribution < -0.4 is 5.43 Å². The first-order valence-corrected chi connectivity index (χ1v) is 6.80. The first kappa shape index (κ1) is 14.3. The number of carbonyl (C=O) groups excluding carboxylic acids is 1. The molecule has 0 aliphatic heterocycles. The zero-order chi connectivity index (χ0) is 14.4. The number of furan rings is 1. The number of hydrogen-bond acceptors (Lipinski definition) is 4. The number of nitrogens with one attached hydrogen (secondary N) is 1. The summed E-state index contributed by atoms with van der Waals surface area (Å²) >= 11 is 3.38. The average molecular weight is 337 g/mol. The number of nitrogens with zero attached hydrogens (tertiary/aromatic N) is 1. The Hall–Kier alpha value is -2.08. The average Bonchev–Trinajstić information content (AvgIpc) is 2.89. The third-order valence-electron chi connectivity index (χ3n) is 2.38. The van der Waals surface area contributed by atoms with E-state index in [4.69, 9.17) is 4.42 Å². The van der Waals surface area contributed by atoms with E-state index in [1.807, 2.05) is 30.3 Å². The summed E-state index contributed by atoms with van der Waals surface area (Å²) < 4.78 is 11.3. The summed E-state index contributed by atoms with van der Waals surface area (Å²) in [4.78, 5) is 11.0. The minimum Gasteiger partial charge on any atom is -0.455 e. The maximum absolute atomic E-state index is 11.0. The number of hydrogen-bond donors (Lipinski definition) is 1. The molecule has 1 amide bonds. The summed E-state index contributed by atoms with van der Waals surface area (Å²) in [5.74, 6) is 1.27. The molecule has 1 N–H and O–H groups in total. The van der Waals surface area contributed by atoms with E-state index >= 15 is 0 Å². The predicted octanol–water partition coefficient (Wildman–Crippen LogP) is 3.79. The highest BCUT2D eigenvalue weighted by molar-refractivity contribution is 9.10. The van der Waals surface area contributed by atoms with Crippen LogP contribution >= 0.6 is 15.9 Å². The van der Waals surface area contributed by atoms with Gasteiger partial charge < -0.3 is 9.15 Å². The van der Waals surface area contributed by atoms with Crippen molar-refractivity contribution in [1.29, 1.82) is 0 Å². The molecule has 1 aromatic heterocycles. The Bertz CT molecular complexity index is 605. The van der Waals surface area contributed by atoms with E-state index in [0.717, 1.165) is 15.8 Å². The molecule has 0 fully saturated rings. The van der Waals surface area contributed by atoms with Gasteiger partial charge in [-0.1, -0.05) is 28.1 Å². The van der Waals surface area contributed by atoms with E-state index in [2.05, 4.69) is 31.2 Å². The second-order valence-corrected chi connectivity index (χ2v) is 4.72. The van der Waals surface area contributed by atoms with Gasteiger partial charge in [-0.05, 0) is 31.2 Å². The normalized spacial score (nSPS) is 10.7. The zero-order valence-electron chi connectivity index (χ0n) is 10.8. The minimum absolute atomic E-state index is 0.301. The van der Waals surface area contributed by atoms with E-state index in [0.29, 0.717) is 12.4 Å². The van der Waals surface area contributed by atoms with Crippen LogP contribution in [0.15, 0.2) is 50.4 Å². The quantitative estimate of drug-likeness (QED) is 0.682. The topological polar surface area (TPSA) is 63.8 Å². The summed E-state index contributed by atoms with van der Waals surface area (Å²) in [5, 5.41) is 3.73. The second-order valence-electron chi connectivity index (χ2n) is 3.80. The fourth-order valence-electron chi connectivity index (χ4n) is 1.50. The lowest BCUT2D eigenvalue weighted by Gasteiger charge is -1.98. The number of benzene rings is 1. The van der Waals surface area contributed by atoms with Gasteiger partial charge in [0.15, 0.2) is 0 Å². The van der Waals surface area contributed by atoms with Crippen LogP contribution in [0.1, 0.15) is 12.7 Å². The highest BCUT2D eigenvalue weighted by atomic mass is 79.9. The Kier molecular flexibility index (Phi) is 4.95. The second kappa shape index (κ2) is 6.91. The third kappa shape index (κ3) is 3.96. The first-order chi connectivity index (χ1) is 9.69. The van der Waals surface area contributed by atoms with Crippen LogP contribution in [0.5, 0.6) is 0 Å². The molecular weight excluding hydrogens is 324 g/mol. The molecule has 104 valence electrons. The van der Waals surface area contributed by atoms with Gasteiger partial charge in [0.1, 0.15) is 11.5 Å². The Morgan fingerprint density at radius 2 is 2.10 bits per heavy atom. The number of ether oxygens (including phenoxy) is 1.